The summed E-state index contributed by atoms with van der Waals surface area (Å²) in [7, 11) is 0. The lowest BCUT2D eigenvalue weighted by molar-refractivity contribution is -0.148. The summed E-state index contributed by atoms with van der Waals surface area (Å²) in [5.74, 6) is -0.0791. The fourth-order valence-corrected chi connectivity index (χ4v) is 5.82. The second-order valence-electron chi connectivity index (χ2n) is 8.00. The number of ether oxygens (including phenoxy) is 2. The molecule has 0 spiro atoms. The van der Waals surface area contributed by atoms with E-state index in [2.05, 4.69) is 26.2 Å². The molecular formula is C23H16BrClN2O4. The molecule has 3 heterocycles. The Hall–Kier alpha value is -2.61. The molecular weight excluding hydrogens is 484 g/mol. The molecule has 3 aromatic rings. The Labute approximate surface area is 191 Å². The Morgan fingerprint density at radius 1 is 1.13 bits per heavy atom. The summed E-state index contributed by atoms with van der Waals surface area (Å²) in [6, 6.07) is 18.4. The molecule has 1 saturated heterocycles. The van der Waals surface area contributed by atoms with Crippen molar-refractivity contribution in [2.24, 2.45) is 0 Å². The van der Waals surface area contributed by atoms with E-state index < -0.39 is 35.4 Å². The lowest BCUT2D eigenvalue weighted by Gasteiger charge is -2.40. The van der Waals surface area contributed by atoms with Gasteiger partial charge in [0.25, 0.3) is 0 Å². The molecule has 3 aliphatic rings. The third-order valence-electron chi connectivity index (χ3n) is 6.50. The molecule has 0 unspecified atom stereocenters. The van der Waals surface area contributed by atoms with Crippen molar-refractivity contribution in [3.05, 3.63) is 93.2 Å². The van der Waals surface area contributed by atoms with Crippen LogP contribution >= 0.6 is 27.5 Å². The number of amides is 1. The number of halogens is 2. The summed E-state index contributed by atoms with van der Waals surface area (Å²) in [5, 5.41) is 15.7. The Bertz CT molecular complexity index is 1210. The summed E-state index contributed by atoms with van der Waals surface area (Å²) >= 11 is 9.67. The second kappa shape index (κ2) is 6.45. The van der Waals surface area contributed by atoms with Crippen LogP contribution in [0.3, 0.4) is 0 Å². The van der Waals surface area contributed by atoms with Crippen LogP contribution in [0.15, 0.2) is 71.3 Å². The minimum atomic E-state index is -1.73. The van der Waals surface area contributed by atoms with Gasteiger partial charge in [-0.1, -0.05) is 70.0 Å². The molecule has 2 N–H and O–H groups in total. The van der Waals surface area contributed by atoms with E-state index >= 15 is 0 Å². The van der Waals surface area contributed by atoms with Crippen molar-refractivity contribution in [1.29, 1.82) is 0 Å². The normalized spacial score (nSPS) is 32.5. The maximum atomic E-state index is 12.4. The SMILES string of the molecule is O=C1N[C@H]2[C@@H](O1)[C@@]1(O)c3ncc(Cl)cc3O[C@@]1(c1ccc(Br)cc1)[C@@H]2c1ccccc1. The Balaban J connectivity index is 1.69. The lowest BCUT2D eigenvalue weighted by Crippen LogP contribution is -2.53. The molecule has 5 atom stereocenters. The van der Waals surface area contributed by atoms with Crippen molar-refractivity contribution in [3.63, 3.8) is 0 Å². The zero-order valence-corrected chi connectivity index (χ0v) is 18.3. The number of fused-ring (bicyclic) bond motifs is 5. The smallest absolute Gasteiger partial charge is 0.407 e. The van der Waals surface area contributed by atoms with E-state index in [4.69, 9.17) is 21.1 Å². The molecule has 31 heavy (non-hydrogen) atoms. The zero-order valence-electron chi connectivity index (χ0n) is 16.0. The topological polar surface area (TPSA) is 80.7 Å². The number of hydrogen-bond donors (Lipinski definition) is 2. The molecule has 1 aliphatic carbocycles. The summed E-state index contributed by atoms with van der Waals surface area (Å²) < 4.78 is 13.2. The monoisotopic (exact) mass is 498 g/mol. The van der Waals surface area contributed by atoms with Crippen molar-refractivity contribution in [2.75, 3.05) is 0 Å². The van der Waals surface area contributed by atoms with Gasteiger partial charge in [0.15, 0.2) is 17.3 Å². The van der Waals surface area contributed by atoms with Crippen LogP contribution in [0.2, 0.25) is 5.02 Å². The number of carbonyl (C=O) groups excluding carboxylic acids is 1. The summed E-state index contributed by atoms with van der Waals surface area (Å²) in [5.41, 5.74) is -1.07. The van der Waals surface area contributed by atoms with Crippen molar-refractivity contribution < 1.29 is 19.4 Å². The first kappa shape index (κ1) is 19.1. The summed E-state index contributed by atoms with van der Waals surface area (Å²) in [6.45, 7) is 0. The Morgan fingerprint density at radius 3 is 2.61 bits per heavy atom. The van der Waals surface area contributed by atoms with E-state index in [1.807, 2.05) is 54.6 Å². The molecule has 0 radical (unpaired) electrons. The molecule has 156 valence electrons. The van der Waals surface area contributed by atoms with Gasteiger partial charge in [0.1, 0.15) is 11.4 Å². The van der Waals surface area contributed by atoms with Crippen molar-refractivity contribution in [3.8, 4) is 5.75 Å². The van der Waals surface area contributed by atoms with Gasteiger partial charge in [-0.3, -0.25) is 4.98 Å². The number of nitrogens with one attached hydrogen (secondary N) is 1. The Kier molecular flexibility index (Phi) is 3.97. The predicted octanol–water partition coefficient (Wildman–Crippen LogP) is 4.25. The number of pyridine rings is 1. The lowest BCUT2D eigenvalue weighted by atomic mass is 9.72. The number of aliphatic hydroxyl groups is 1. The average molecular weight is 500 g/mol. The first-order chi connectivity index (χ1) is 14.9. The molecule has 1 aromatic heterocycles. The number of hydrogen-bond acceptors (Lipinski definition) is 5. The number of rotatable bonds is 2. The molecule has 2 fully saturated rings. The van der Waals surface area contributed by atoms with Gasteiger partial charge < -0.3 is 19.9 Å². The standard InChI is InChI=1S/C23H16BrClN2O4/c24-14-8-6-13(7-9-14)23-17(12-4-2-1-3-5-12)18-20(30-21(28)27-18)22(23,29)19-16(31-23)10-15(25)11-26-19/h1-11,17-18,20,29H,(H,27,28)/t17-,18-,20-,22+,23+/m1/s1. The second-order valence-corrected chi connectivity index (χ2v) is 9.35. The van der Waals surface area contributed by atoms with Gasteiger partial charge in [-0.2, -0.15) is 0 Å². The maximum Gasteiger partial charge on any atom is 0.407 e. The van der Waals surface area contributed by atoms with E-state index in [0.717, 1.165) is 15.6 Å². The largest absolute Gasteiger partial charge is 0.476 e. The number of alkyl carbamates (subject to hydrolysis) is 1. The van der Waals surface area contributed by atoms with E-state index in [-0.39, 0.29) is 0 Å². The number of benzene rings is 2. The minimum absolute atomic E-state index is 0.310. The van der Waals surface area contributed by atoms with E-state index in [9.17, 15) is 9.90 Å². The Morgan fingerprint density at radius 2 is 1.87 bits per heavy atom. The van der Waals surface area contributed by atoms with Crippen LogP contribution in [0.5, 0.6) is 5.75 Å². The molecule has 6 nitrogen and oxygen atoms in total. The van der Waals surface area contributed by atoms with Crippen LogP contribution in [0, 0.1) is 0 Å². The van der Waals surface area contributed by atoms with Crippen LogP contribution in [-0.2, 0) is 15.9 Å². The summed E-state index contributed by atoms with van der Waals surface area (Å²) in [4.78, 5) is 16.7. The van der Waals surface area contributed by atoms with Crippen molar-refractivity contribution >= 4 is 33.6 Å². The van der Waals surface area contributed by atoms with Crippen molar-refractivity contribution in [2.45, 2.75) is 29.3 Å². The highest BCUT2D eigenvalue weighted by Crippen LogP contribution is 2.67. The fraction of sp³-hybridized carbons (Fsp3) is 0.217. The highest BCUT2D eigenvalue weighted by atomic mass is 79.9. The molecule has 6 rings (SSSR count). The number of nitrogens with zero attached hydrogens (tertiary/aromatic N) is 1. The minimum Gasteiger partial charge on any atom is -0.476 e. The van der Waals surface area contributed by atoms with Gasteiger partial charge >= 0.3 is 6.09 Å². The van der Waals surface area contributed by atoms with E-state index in [1.54, 1.807) is 6.07 Å². The number of carbonyl (C=O) groups is 1. The van der Waals surface area contributed by atoms with Crippen LogP contribution < -0.4 is 10.1 Å². The highest BCUT2D eigenvalue weighted by Gasteiger charge is 2.80. The first-order valence-electron chi connectivity index (χ1n) is 9.81. The average Bonchev–Trinajstić information content (AvgIpc) is 3.32. The highest BCUT2D eigenvalue weighted by molar-refractivity contribution is 9.10. The fourth-order valence-electron chi connectivity index (χ4n) is 5.41. The molecule has 1 saturated carbocycles. The van der Waals surface area contributed by atoms with Gasteiger partial charge in [-0.25, -0.2) is 4.79 Å². The molecule has 2 aromatic carbocycles. The molecule has 0 bridgehead atoms. The van der Waals surface area contributed by atoms with Gasteiger partial charge in [0.05, 0.1) is 17.0 Å². The molecule has 8 heteroatoms. The third kappa shape index (κ3) is 2.37. The molecule has 1 amide bonds. The van der Waals surface area contributed by atoms with Crippen LogP contribution in [0.1, 0.15) is 22.7 Å². The van der Waals surface area contributed by atoms with Crippen LogP contribution in [-0.4, -0.2) is 28.3 Å². The summed E-state index contributed by atoms with van der Waals surface area (Å²) in [6.07, 6.45) is -0.00557. The van der Waals surface area contributed by atoms with Crippen molar-refractivity contribution in [1.82, 2.24) is 10.3 Å². The number of aromatic nitrogens is 1. The van der Waals surface area contributed by atoms with E-state index in [1.165, 1.54) is 6.20 Å². The molecule has 2 aliphatic heterocycles. The van der Waals surface area contributed by atoms with E-state index in [0.29, 0.717) is 16.5 Å². The van der Waals surface area contributed by atoms with Gasteiger partial charge in [0.2, 0.25) is 0 Å². The third-order valence-corrected chi connectivity index (χ3v) is 7.24. The maximum absolute atomic E-state index is 12.4. The van der Waals surface area contributed by atoms with Crippen LogP contribution in [0.4, 0.5) is 4.79 Å². The van der Waals surface area contributed by atoms with Gasteiger partial charge in [0, 0.05) is 16.7 Å². The first-order valence-corrected chi connectivity index (χ1v) is 11.0. The van der Waals surface area contributed by atoms with Gasteiger partial charge in [-0.05, 0) is 23.3 Å². The zero-order chi connectivity index (χ0) is 21.4. The van der Waals surface area contributed by atoms with Gasteiger partial charge in [-0.15, -0.1) is 0 Å². The quantitative estimate of drug-likeness (QED) is 0.551. The van der Waals surface area contributed by atoms with Crippen LogP contribution in [0.25, 0.3) is 0 Å². The predicted molar refractivity (Wildman–Crippen MR) is 116 cm³/mol.